The van der Waals surface area contributed by atoms with Gasteiger partial charge in [-0.1, -0.05) is 0 Å². The van der Waals surface area contributed by atoms with Crippen molar-refractivity contribution in [1.29, 1.82) is 0 Å². The molecule has 6 rings (SSSR count). The fourth-order valence-corrected chi connectivity index (χ4v) is 5.69. The van der Waals surface area contributed by atoms with Crippen LogP contribution in [0.25, 0.3) is 31.8 Å². The highest BCUT2D eigenvalue weighted by Gasteiger charge is 2.30. The Balaban J connectivity index is 1.35. The van der Waals surface area contributed by atoms with Gasteiger partial charge in [0.1, 0.15) is 16.3 Å². The molecule has 1 amide bonds. The maximum atomic E-state index is 13.2. The van der Waals surface area contributed by atoms with Crippen LogP contribution in [0, 0.1) is 19.8 Å². The van der Waals surface area contributed by atoms with E-state index in [4.69, 9.17) is 19.2 Å². The quantitative estimate of drug-likeness (QED) is 0.289. The number of rotatable bonds is 5. The highest BCUT2D eigenvalue weighted by atomic mass is 32.1. The number of benzene rings is 2. The van der Waals surface area contributed by atoms with Crippen LogP contribution in [-0.4, -0.2) is 57.5 Å². The lowest BCUT2D eigenvalue weighted by Crippen LogP contribution is -2.43. The molecule has 5 aromatic rings. The molecular formula is C27H22FN5O5S. The van der Waals surface area contributed by atoms with Crippen molar-refractivity contribution in [1.82, 2.24) is 19.9 Å². The molecule has 0 saturated heterocycles. The second-order valence-corrected chi connectivity index (χ2v) is 10.1. The van der Waals surface area contributed by atoms with Gasteiger partial charge in [0.15, 0.2) is 17.6 Å². The van der Waals surface area contributed by atoms with Crippen molar-refractivity contribution in [3.05, 3.63) is 59.8 Å². The van der Waals surface area contributed by atoms with Gasteiger partial charge >= 0.3 is 6.09 Å². The molecule has 1 aliphatic heterocycles. The number of fused-ring (bicyclic) bond motifs is 4. The van der Waals surface area contributed by atoms with Crippen LogP contribution in [0.2, 0.25) is 0 Å². The SMILES string of the molecule is COc1cnc2c(-c3nc4c(C)cc5c(c4s3)OC[C@@H](CN(C(=O)O)c3ccc(F)nc3)O5)cc(C)cc2n1. The van der Waals surface area contributed by atoms with Gasteiger partial charge in [-0.2, -0.15) is 4.39 Å². The summed E-state index contributed by atoms with van der Waals surface area (Å²) in [5.41, 5.74) is 5.21. The summed E-state index contributed by atoms with van der Waals surface area (Å²) in [6, 6.07) is 8.29. The molecule has 0 saturated carbocycles. The van der Waals surface area contributed by atoms with Crippen LogP contribution in [0.5, 0.6) is 17.4 Å². The van der Waals surface area contributed by atoms with E-state index in [9.17, 15) is 14.3 Å². The fraction of sp³-hybridized carbons (Fsp3) is 0.222. The second-order valence-electron chi connectivity index (χ2n) is 9.09. The standard InChI is InChI=1S/C27H22FN5O5S/c1-13-6-17(23-18(7-13)31-21(36-3)10-30-23)26-32-22-14(2)8-19-24(25(22)39-26)37-12-16(38-19)11-33(27(34)35)15-4-5-20(28)29-9-15/h4-10,16H,11-12H2,1-3H3,(H,34,35)/t16-/m1/s1. The lowest BCUT2D eigenvalue weighted by Gasteiger charge is -2.30. The topological polar surface area (TPSA) is 120 Å². The summed E-state index contributed by atoms with van der Waals surface area (Å²) in [6.07, 6.45) is 0.959. The smallest absolute Gasteiger partial charge is 0.411 e. The van der Waals surface area contributed by atoms with Crippen LogP contribution in [0.4, 0.5) is 14.9 Å². The Morgan fingerprint density at radius 1 is 1.18 bits per heavy atom. The van der Waals surface area contributed by atoms with Gasteiger partial charge in [-0.3, -0.25) is 4.90 Å². The number of carboxylic acid groups (broad SMARTS) is 1. The Kier molecular flexibility index (Phi) is 6.10. The van der Waals surface area contributed by atoms with Crippen molar-refractivity contribution in [2.75, 3.05) is 25.2 Å². The number of aryl methyl sites for hydroxylation is 2. The van der Waals surface area contributed by atoms with Gasteiger partial charge in [0.05, 0.1) is 48.3 Å². The van der Waals surface area contributed by atoms with Gasteiger partial charge in [-0.05, 0) is 55.3 Å². The van der Waals surface area contributed by atoms with Gasteiger partial charge in [0, 0.05) is 5.56 Å². The molecule has 198 valence electrons. The number of amides is 1. The Morgan fingerprint density at radius 3 is 2.77 bits per heavy atom. The monoisotopic (exact) mass is 547 g/mol. The molecule has 2 aromatic carbocycles. The van der Waals surface area contributed by atoms with E-state index in [-0.39, 0.29) is 18.8 Å². The number of thiazole rings is 1. The Bertz CT molecular complexity index is 1740. The largest absolute Gasteiger partial charge is 0.484 e. The van der Waals surface area contributed by atoms with Crippen molar-refractivity contribution in [2.24, 2.45) is 0 Å². The first-order valence-electron chi connectivity index (χ1n) is 12.0. The second kappa shape index (κ2) is 9.62. The summed E-state index contributed by atoms with van der Waals surface area (Å²) in [4.78, 5) is 30.5. The lowest BCUT2D eigenvalue weighted by atomic mass is 10.1. The summed E-state index contributed by atoms with van der Waals surface area (Å²) in [5.74, 6) is 0.813. The number of nitrogens with zero attached hydrogens (tertiary/aromatic N) is 5. The molecule has 0 unspecified atom stereocenters. The van der Waals surface area contributed by atoms with Crippen LogP contribution in [0.3, 0.4) is 0 Å². The van der Waals surface area contributed by atoms with Gasteiger partial charge < -0.3 is 19.3 Å². The van der Waals surface area contributed by atoms with Crippen LogP contribution >= 0.6 is 11.3 Å². The fourth-order valence-electron chi connectivity index (χ4n) is 4.54. The summed E-state index contributed by atoms with van der Waals surface area (Å²) in [6.45, 7) is 4.02. The number of hydrogen-bond acceptors (Lipinski definition) is 9. The van der Waals surface area contributed by atoms with Crippen LogP contribution < -0.4 is 19.1 Å². The number of halogens is 1. The first-order valence-corrected chi connectivity index (χ1v) is 12.8. The zero-order valence-electron chi connectivity index (χ0n) is 21.1. The number of hydrogen-bond donors (Lipinski definition) is 1. The molecule has 4 heterocycles. The third-order valence-corrected chi connectivity index (χ3v) is 7.42. The number of carbonyl (C=O) groups is 1. The summed E-state index contributed by atoms with van der Waals surface area (Å²) in [5, 5.41) is 10.5. The highest BCUT2D eigenvalue weighted by molar-refractivity contribution is 7.22. The number of methoxy groups -OCH3 is 1. The lowest BCUT2D eigenvalue weighted by molar-refractivity contribution is 0.0961. The molecule has 0 fully saturated rings. The van der Waals surface area contributed by atoms with Crippen molar-refractivity contribution in [3.8, 4) is 28.0 Å². The predicted octanol–water partition coefficient (Wildman–Crippen LogP) is 5.39. The zero-order valence-corrected chi connectivity index (χ0v) is 22.0. The molecule has 0 radical (unpaired) electrons. The minimum Gasteiger partial charge on any atom is -0.484 e. The maximum absolute atomic E-state index is 13.2. The Hall–Kier alpha value is -4.58. The van der Waals surface area contributed by atoms with Gasteiger partial charge in [-0.25, -0.2) is 24.7 Å². The molecule has 1 aliphatic rings. The number of ether oxygens (including phenoxy) is 3. The Morgan fingerprint density at radius 2 is 2.03 bits per heavy atom. The molecule has 0 bridgehead atoms. The molecule has 10 nitrogen and oxygen atoms in total. The van der Waals surface area contributed by atoms with E-state index in [1.54, 1.807) is 13.3 Å². The van der Waals surface area contributed by atoms with E-state index >= 15 is 0 Å². The highest BCUT2D eigenvalue weighted by Crippen LogP contribution is 2.46. The van der Waals surface area contributed by atoms with Gasteiger partial charge in [0.2, 0.25) is 11.8 Å². The van der Waals surface area contributed by atoms with Gasteiger partial charge in [0.25, 0.3) is 0 Å². The predicted molar refractivity (Wildman–Crippen MR) is 144 cm³/mol. The van der Waals surface area contributed by atoms with E-state index in [1.807, 2.05) is 32.0 Å². The Labute approximate surface area is 225 Å². The van der Waals surface area contributed by atoms with E-state index in [0.29, 0.717) is 28.4 Å². The number of aromatic nitrogens is 4. The minimum atomic E-state index is -1.21. The third kappa shape index (κ3) is 4.52. The number of pyridine rings is 1. The summed E-state index contributed by atoms with van der Waals surface area (Å²) >= 11 is 1.47. The first kappa shape index (κ1) is 24.7. The molecule has 39 heavy (non-hydrogen) atoms. The van der Waals surface area contributed by atoms with E-state index in [2.05, 4.69) is 15.0 Å². The molecule has 0 aliphatic carbocycles. The van der Waals surface area contributed by atoms with E-state index in [0.717, 1.165) is 42.9 Å². The van der Waals surface area contributed by atoms with Crippen molar-refractivity contribution in [3.63, 3.8) is 0 Å². The molecule has 3 aromatic heterocycles. The molecule has 1 atom stereocenters. The van der Waals surface area contributed by atoms with Crippen LogP contribution in [0.1, 0.15) is 11.1 Å². The number of anilines is 1. The zero-order chi connectivity index (χ0) is 27.3. The first-order chi connectivity index (χ1) is 18.8. The van der Waals surface area contributed by atoms with E-state index in [1.165, 1.54) is 23.6 Å². The summed E-state index contributed by atoms with van der Waals surface area (Å²) in [7, 11) is 1.55. The van der Waals surface area contributed by atoms with Crippen LogP contribution in [-0.2, 0) is 0 Å². The average Bonchev–Trinajstić information content (AvgIpc) is 3.37. The molecule has 0 spiro atoms. The summed E-state index contributed by atoms with van der Waals surface area (Å²) < 4.78 is 31.6. The van der Waals surface area contributed by atoms with Crippen molar-refractivity contribution in [2.45, 2.75) is 20.0 Å². The average molecular weight is 548 g/mol. The molecule has 1 N–H and O–H groups in total. The normalized spacial score (nSPS) is 14.5. The molecular weight excluding hydrogens is 525 g/mol. The van der Waals surface area contributed by atoms with Gasteiger partial charge in [-0.15, -0.1) is 11.3 Å². The van der Waals surface area contributed by atoms with Crippen molar-refractivity contribution < 1.29 is 28.5 Å². The molecule has 12 heteroatoms. The van der Waals surface area contributed by atoms with Crippen molar-refractivity contribution >= 4 is 44.4 Å². The van der Waals surface area contributed by atoms with Crippen LogP contribution in [0.15, 0.2) is 42.7 Å². The third-order valence-electron chi connectivity index (χ3n) is 6.33. The maximum Gasteiger partial charge on any atom is 0.411 e. The van der Waals surface area contributed by atoms with E-state index < -0.39 is 18.1 Å². The minimum absolute atomic E-state index is 0.0233.